The van der Waals surface area contributed by atoms with Crippen LogP contribution in [0.2, 0.25) is 5.02 Å². The number of rotatable bonds is 3. The number of benzene rings is 1. The van der Waals surface area contributed by atoms with E-state index in [0.717, 1.165) is 29.7 Å². The Morgan fingerprint density at radius 3 is 2.45 bits per heavy atom. The van der Waals surface area contributed by atoms with Crippen LogP contribution >= 0.6 is 11.6 Å². The van der Waals surface area contributed by atoms with E-state index in [-0.39, 0.29) is 11.3 Å². The van der Waals surface area contributed by atoms with Gasteiger partial charge in [-0.05, 0) is 48.6 Å². The number of halogens is 3. The van der Waals surface area contributed by atoms with E-state index in [9.17, 15) is 17.2 Å². The van der Waals surface area contributed by atoms with Crippen molar-refractivity contribution < 1.29 is 17.2 Å². The molecule has 0 bridgehead atoms. The number of alkyl halides is 1. The zero-order chi connectivity index (χ0) is 14.8. The minimum absolute atomic E-state index is 0.0169. The lowest BCUT2D eigenvalue weighted by Crippen LogP contribution is -2.17. The Hall–Kier alpha value is -1.46. The average molecular weight is 317 g/mol. The zero-order valence-electron chi connectivity index (χ0n) is 10.3. The molecule has 106 valence electrons. The van der Waals surface area contributed by atoms with E-state index in [1.165, 1.54) is 24.3 Å². The molecule has 1 aliphatic carbocycles. The first-order valence-corrected chi connectivity index (χ1v) is 7.67. The SMILES string of the molecule is O=S(=O)(C=CC1(F)C=CC(F)=CC1)c1ccc(Cl)cc1. The first-order valence-electron chi connectivity index (χ1n) is 5.74. The Kier molecular flexibility index (Phi) is 4.11. The summed E-state index contributed by atoms with van der Waals surface area (Å²) in [4.78, 5) is 0.0169. The van der Waals surface area contributed by atoms with Crippen LogP contribution in [0.5, 0.6) is 0 Å². The molecule has 0 N–H and O–H groups in total. The van der Waals surface area contributed by atoms with E-state index in [1.807, 2.05) is 0 Å². The fourth-order valence-corrected chi connectivity index (χ4v) is 2.84. The second kappa shape index (κ2) is 5.50. The third kappa shape index (κ3) is 3.55. The molecule has 20 heavy (non-hydrogen) atoms. The lowest BCUT2D eigenvalue weighted by Gasteiger charge is -2.17. The first kappa shape index (κ1) is 14.9. The van der Waals surface area contributed by atoms with Crippen molar-refractivity contribution in [1.82, 2.24) is 0 Å². The van der Waals surface area contributed by atoms with Gasteiger partial charge in [-0.3, -0.25) is 0 Å². The van der Waals surface area contributed by atoms with Gasteiger partial charge in [0.2, 0.25) is 0 Å². The summed E-state index contributed by atoms with van der Waals surface area (Å²) in [5.41, 5.74) is -1.99. The summed E-state index contributed by atoms with van der Waals surface area (Å²) in [5.74, 6) is -0.535. The van der Waals surface area contributed by atoms with Crippen LogP contribution < -0.4 is 0 Å². The van der Waals surface area contributed by atoms with Crippen molar-refractivity contribution in [2.45, 2.75) is 17.0 Å². The molecule has 0 amide bonds. The van der Waals surface area contributed by atoms with Gasteiger partial charge in [0.15, 0.2) is 15.5 Å². The van der Waals surface area contributed by atoms with E-state index < -0.39 is 21.3 Å². The smallest absolute Gasteiger partial charge is 0.199 e. The number of sulfone groups is 1. The van der Waals surface area contributed by atoms with Crippen molar-refractivity contribution in [1.29, 1.82) is 0 Å². The molecule has 6 heteroatoms. The maximum Gasteiger partial charge on any atom is 0.199 e. The molecule has 1 aliphatic rings. The van der Waals surface area contributed by atoms with Crippen molar-refractivity contribution in [3.05, 3.63) is 64.8 Å². The molecule has 1 unspecified atom stereocenters. The molecule has 0 radical (unpaired) electrons. The number of allylic oxidation sites excluding steroid dienone is 5. The lowest BCUT2D eigenvalue weighted by molar-refractivity contribution is 0.296. The highest BCUT2D eigenvalue weighted by Crippen LogP contribution is 2.28. The summed E-state index contributed by atoms with van der Waals surface area (Å²) in [7, 11) is -3.76. The topological polar surface area (TPSA) is 34.1 Å². The second-order valence-corrected chi connectivity index (χ2v) is 6.62. The van der Waals surface area contributed by atoms with E-state index in [4.69, 9.17) is 11.6 Å². The average Bonchev–Trinajstić information content (AvgIpc) is 2.41. The molecule has 0 aliphatic heterocycles. The van der Waals surface area contributed by atoms with Crippen LogP contribution in [0.3, 0.4) is 0 Å². The van der Waals surface area contributed by atoms with E-state index in [1.54, 1.807) is 0 Å². The quantitative estimate of drug-likeness (QED) is 0.839. The van der Waals surface area contributed by atoms with Gasteiger partial charge in [-0.15, -0.1) is 0 Å². The highest BCUT2D eigenvalue weighted by molar-refractivity contribution is 7.94. The predicted molar refractivity (Wildman–Crippen MR) is 74.6 cm³/mol. The normalized spacial score (nSPS) is 23.1. The molecule has 0 saturated carbocycles. The van der Waals surface area contributed by atoms with Crippen molar-refractivity contribution in [2.75, 3.05) is 0 Å². The van der Waals surface area contributed by atoms with Gasteiger partial charge in [-0.2, -0.15) is 0 Å². The molecule has 1 atom stereocenters. The summed E-state index contributed by atoms with van der Waals surface area (Å²) < 4.78 is 50.9. The van der Waals surface area contributed by atoms with Gasteiger partial charge in [-0.1, -0.05) is 11.6 Å². The largest absolute Gasteiger partial charge is 0.234 e. The summed E-state index contributed by atoms with van der Waals surface area (Å²) in [6.45, 7) is 0. The molecule has 0 spiro atoms. The van der Waals surface area contributed by atoms with Gasteiger partial charge in [0.1, 0.15) is 5.83 Å². The lowest BCUT2D eigenvalue weighted by atomic mass is 9.97. The minimum Gasteiger partial charge on any atom is -0.234 e. The van der Waals surface area contributed by atoms with Gasteiger partial charge >= 0.3 is 0 Å². The van der Waals surface area contributed by atoms with Gasteiger partial charge < -0.3 is 0 Å². The van der Waals surface area contributed by atoms with Gasteiger partial charge in [0, 0.05) is 16.9 Å². The van der Waals surface area contributed by atoms with Crippen LogP contribution in [0.25, 0.3) is 0 Å². The van der Waals surface area contributed by atoms with Crippen molar-refractivity contribution in [3.8, 4) is 0 Å². The minimum atomic E-state index is -3.76. The van der Waals surface area contributed by atoms with E-state index in [2.05, 4.69) is 0 Å². The summed E-state index contributed by atoms with van der Waals surface area (Å²) >= 11 is 5.67. The monoisotopic (exact) mass is 316 g/mol. The van der Waals surface area contributed by atoms with Crippen molar-refractivity contribution in [3.63, 3.8) is 0 Å². The fraction of sp³-hybridized carbons (Fsp3) is 0.143. The summed E-state index contributed by atoms with van der Waals surface area (Å²) in [6, 6.07) is 5.55. The zero-order valence-corrected chi connectivity index (χ0v) is 11.8. The highest BCUT2D eigenvalue weighted by atomic mass is 35.5. The summed E-state index contributed by atoms with van der Waals surface area (Å²) in [5, 5.41) is 1.20. The molecule has 0 aromatic heterocycles. The maximum absolute atomic E-state index is 14.2. The molecular weight excluding hydrogens is 306 g/mol. The Bertz CT molecular complexity index is 690. The Balaban J connectivity index is 2.23. The number of hydrogen-bond donors (Lipinski definition) is 0. The molecule has 1 aromatic rings. The van der Waals surface area contributed by atoms with Crippen LogP contribution in [0, 0.1) is 0 Å². The van der Waals surface area contributed by atoms with Crippen LogP contribution in [0.15, 0.2) is 64.7 Å². The molecule has 2 rings (SSSR count). The summed E-state index contributed by atoms with van der Waals surface area (Å²) in [6.07, 6.45) is 3.72. The number of hydrogen-bond acceptors (Lipinski definition) is 2. The van der Waals surface area contributed by atoms with Crippen molar-refractivity contribution >= 4 is 21.4 Å². The Morgan fingerprint density at radius 1 is 1.25 bits per heavy atom. The van der Waals surface area contributed by atoms with E-state index in [0.29, 0.717) is 5.02 Å². The molecule has 0 saturated heterocycles. The Labute approximate surface area is 121 Å². The van der Waals surface area contributed by atoms with Crippen LogP contribution in [0.1, 0.15) is 6.42 Å². The predicted octanol–water partition coefficient (Wildman–Crippen LogP) is 4.15. The van der Waals surface area contributed by atoms with Crippen LogP contribution in [-0.2, 0) is 9.84 Å². The van der Waals surface area contributed by atoms with Crippen LogP contribution in [0.4, 0.5) is 8.78 Å². The standard InChI is InChI=1S/C14H11ClF2O2S/c15-11-1-3-13(4-2-11)20(18,19)10-9-14(17)7-5-12(16)6-8-14/h1-7,9-10H,8H2. The molecular formula is C14H11ClF2O2S. The second-order valence-electron chi connectivity index (χ2n) is 4.35. The third-order valence-electron chi connectivity index (χ3n) is 2.80. The molecule has 0 heterocycles. The maximum atomic E-state index is 14.2. The van der Waals surface area contributed by atoms with Gasteiger partial charge in [0.25, 0.3) is 0 Å². The van der Waals surface area contributed by atoms with Crippen LogP contribution in [-0.4, -0.2) is 14.1 Å². The van der Waals surface area contributed by atoms with E-state index >= 15 is 0 Å². The molecule has 1 aromatic carbocycles. The molecule has 0 fully saturated rings. The fourth-order valence-electron chi connectivity index (χ4n) is 1.64. The molecule has 2 nitrogen and oxygen atoms in total. The van der Waals surface area contributed by atoms with Crippen molar-refractivity contribution in [2.24, 2.45) is 0 Å². The van der Waals surface area contributed by atoms with Gasteiger partial charge in [-0.25, -0.2) is 17.2 Å². The third-order valence-corrected chi connectivity index (χ3v) is 4.47. The highest BCUT2D eigenvalue weighted by Gasteiger charge is 2.25. The van der Waals surface area contributed by atoms with Gasteiger partial charge in [0.05, 0.1) is 4.90 Å². The Morgan fingerprint density at radius 2 is 1.90 bits per heavy atom. The first-order chi connectivity index (χ1) is 9.31.